The molecule has 1 saturated heterocycles. The summed E-state index contributed by atoms with van der Waals surface area (Å²) in [7, 11) is 0. The highest BCUT2D eigenvalue weighted by atomic mass is 16.6. The average molecular weight is 588 g/mol. The summed E-state index contributed by atoms with van der Waals surface area (Å²) in [6.45, 7) is 11.2. The van der Waals surface area contributed by atoms with Crippen molar-refractivity contribution in [2.45, 2.75) is 116 Å². The number of aliphatic hydroxyl groups excluding tert-OH is 1. The number of carbonyl (C=O) groups is 2. The lowest BCUT2D eigenvalue weighted by atomic mass is 9.50. The summed E-state index contributed by atoms with van der Waals surface area (Å²) in [6, 6.07) is 9.98. The molecule has 1 aromatic rings. The van der Waals surface area contributed by atoms with Crippen molar-refractivity contribution >= 4 is 11.9 Å². The summed E-state index contributed by atoms with van der Waals surface area (Å²) in [6.07, 6.45) is 11.6. The van der Waals surface area contributed by atoms with Crippen LogP contribution in [-0.4, -0.2) is 50.8 Å². The molecule has 5 fully saturated rings. The Morgan fingerprint density at radius 3 is 2.33 bits per heavy atom. The van der Waals surface area contributed by atoms with Crippen LogP contribution in [0.25, 0.3) is 0 Å². The summed E-state index contributed by atoms with van der Waals surface area (Å²) in [5.74, 6) is 0.251. The predicted octanol–water partition coefficient (Wildman–Crippen LogP) is 6.11. The smallest absolute Gasteiger partial charge is 0.313 e. The Balaban J connectivity index is 1.22. The third kappa shape index (κ3) is 3.72. The third-order valence-electron chi connectivity index (χ3n) is 14.3. The molecule has 0 unspecified atom stereocenters. The molecule has 43 heavy (non-hydrogen) atoms. The van der Waals surface area contributed by atoms with Gasteiger partial charge in [-0.15, -0.1) is 0 Å². The molecular weight excluding hydrogens is 538 g/mol. The molecule has 2 N–H and O–H groups in total. The largest absolute Gasteiger partial charge is 0.448 e. The lowest BCUT2D eigenvalue weighted by molar-refractivity contribution is -0.178. The molecule has 1 heterocycles. The lowest BCUT2D eigenvalue weighted by Crippen LogP contribution is -2.60. The lowest BCUT2D eigenvalue weighted by Gasteiger charge is -2.56. The van der Waals surface area contributed by atoms with Crippen LogP contribution in [0.4, 0.5) is 0 Å². The number of nitrogens with zero attached hydrogens (tertiary/aromatic N) is 1. The number of benzene rings is 1. The Kier molecular flexibility index (Phi) is 6.33. The Hall–Kier alpha value is -2.44. The Morgan fingerprint density at radius 1 is 0.930 bits per heavy atom. The van der Waals surface area contributed by atoms with Gasteiger partial charge < -0.3 is 19.8 Å². The average Bonchev–Trinajstić information content (AvgIpc) is 3.41. The van der Waals surface area contributed by atoms with E-state index in [1.54, 1.807) is 0 Å². The van der Waals surface area contributed by atoms with Gasteiger partial charge in [-0.05, 0) is 87.5 Å². The Morgan fingerprint density at radius 2 is 1.65 bits per heavy atom. The monoisotopic (exact) mass is 587 g/mol. The van der Waals surface area contributed by atoms with E-state index in [9.17, 15) is 19.8 Å². The maximum Gasteiger partial charge on any atom is 0.313 e. The number of hydrogen-bond acceptors (Lipinski definition) is 5. The molecule has 6 heteroatoms. The molecule has 6 aliphatic rings. The van der Waals surface area contributed by atoms with Crippen molar-refractivity contribution in [1.82, 2.24) is 4.90 Å². The van der Waals surface area contributed by atoms with Gasteiger partial charge in [0.15, 0.2) is 5.60 Å². The van der Waals surface area contributed by atoms with E-state index in [0.717, 1.165) is 44.1 Å². The van der Waals surface area contributed by atoms with Crippen LogP contribution in [0.5, 0.6) is 0 Å². The minimum absolute atomic E-state index is 0.0763. The van der Waals surface area contributed by atoms with E-state index in [1.165, 1.54) is 11.1 Å². The van der Waals surface area contributed by atoms with Crippen molar-refractivity contribution < 1.29 is 24.5 Å². The molecule has 1 aliphatic heterocycles. The molecule has 232 valence electrons. The first-order valence-electron chi connectivity index (χ1n) is 16.6. The molecule has 0 aromatic heterocycles. The highest BCUT2D eigenvalue weighted by Crippen LogP contribution is 2.68. The summed E-state index contributed by atoms with van der Waals surface area (Å²) in [4.78, 5) is 29.7. The molecule has 5 aliphatic carbocycles. The van der Waals surface area contributed by atoms with E-state index >= 15 is 0 Å². The van der Waals surface area contributed by atoms with Crippen molar-refractivity contribution in [2.75, 3.05) is 6.54 Å². The van der Waals surface area contributed by atoms with Crippen molar-refractivity contribution in [2.24, 2.45) is 33.5 Å². The first kappa shape index (κ1) is 29.3. The second kappa shape index (κ2) is 9.29. The quantitative estimate of drug-likeness (QED) is 0.406. The van der Waals surface area contributed by atoms with Gasteiger partial charge in [-0.1, -0.05) is 81.3 Å². The SMILES string of the molecule is CC1(C)[C@@]2(C)CC[C@]1(C(=O)N(Cc1ccccc1)C[C@]1(O)CC[C@H]3C4=CC=C5C[C@@H](O)CC[C@]5(C)[C@H]4CC[C@@]31C)OC2=O. The second-order valence-electron chi connectivity index (χ2n) is 16.1. The van der Waals surface area contributed by atoms with Crippen LogP contribution in [0.3, 0.4) is 0 Å². The zero-order chi connectivity index (χ0) is 30.6. The van der Waals surface area contributed by atoms with Gasteiger partial charge >= 0.3 is 5.97 Å². The zero-order valence-electron chi connectivity index (χ0n) is 26.6. The third-order valence-corrected chi connectivity index (χ3v) is 14.3. The van der Waals surface area contributed by atoms with Crippen molar-refractivity contribution in [3.8, 4) is 0 Å². The summed E-state index contributed by atoms with van der Waals surface area (Å²) >= 11 is 0. The number of fused-ring (bicyclic) bond motifs is 7. The van der Waals surface area contributed by atoms with Crippen molar-refractivity contribution in [3.05, 3.63) is 59.2 Å². The van der Waals surface area contributed by atoms with Crippen LogP contribution in [0.15, 0.2) is 53.6 Å². The van der Waals surface area contributed by atoms with E-state index in [1.807, 2.05) is 56.0 Å². The topological polar surface area (TPSA) is 87.1 Å². The maximum atomic E-state index is 14.8. The number of allylic oxidation sites excluding steroid dienone is 3. The van der Waals surface area contributed by atoms with Crippen LogP contribution < -0.4 is 0 Å². The highest BCUT2D eigenvalue weighted by molar-refractivity contribution is 5.96. The summed E-state index contributed by atoms with van der Waals surface area (Å²) in [5.41, 5.74) is -0.0605. The molecule has 1 aromatic carbocycles. The fourth-order valence-corrected chi connectivity index (χ4v) is 10.7. The summed E-state index contributed by atoms with van der Waals surface area (Å²) in [5, 5.41) is 23.1. The molecule has 1 amide bonds. The van der Waals surface area contributed by atoms with Gasteiger partial charge in [0, 0.05) is 17.4 Å². The molecule has 6 nitrogen and oxygen atoms in total. The van der Waals surface area contributed by atoms with Crippen molar-refractivity contribution in [1.29, 1.82) is 0 Å². The van der Waals surface area contributed by atoms with Gasteiger partial charge in [0.25, 0.3) is 5.91 Å². The molecular formula is C37H49NO5. The number of carbonyl (C=O) groups excluding carboxylic acids is 2. The number of esters is 1. The number of amides is 1. The van der Waals surface area contributed by atoms with E-state index < -0.39 is 22.0 Å². The highest BCUT2D eigenvalue weighted by Gasteiger charge is 2.76. The zero-order valence-corrected chi connectivity index (χ0v) is 26.6. The summed E-state index contributed by atoms with van der Waals surface area (Å²) < 4.78 is 6.07. The number of hydrogen-bond donors (Lipinski definition) is 2. The predicted molar refractivity (Wildman–Crippen MR) is 164 cm³/mol. The van der Waals surface area contributed by atoms with Gasteiger partial charge in [0.05, 0.1) is 23.7 Å². The minimum atomic E-state index is -1.21. The first-order chi connectivity index (χ1) is 20.2. The van der Waals surface area contributed by atoms with Crippen LogP contribution >= 0.6 is 0 Å². The standard InChI is InChI=1S/C37H49NO5/c1-32(2)35(5)19-20-37(32,43-31(35)41)30(40)38(22-24-9-7-6-8-10-24)23-36(42)18-15-29-27-12-11-25-21-26(39)13-16-33(25,3)28(27)14-17-34(29,36)4/h6-12,26,28-29,39,42H,13-23H2,1-5H3/t26-,28-,29-,33-,34-,35-,36+,37+/m0/s1. The second-order valence-corrected chi connectivity index (χ2v) is 16.1. The molecule has 0 spiro atoms. The van der Waals surface area contributed by atoms with Crippen molar-refractivity contribution in [3.63, 3.8) is 0 Å². The molecule has 7 rings (SSSR count). The van der Waals surface area contributed by atoms with E-state index in [-0.39, 0.29) is 41.3 Å². The molecule has 8 atom stereocenters. The fraction of sp³-hybridized carbons (Fsp3) is 0.676. The first-order valence-corrected chi connectivity index (χ1v) is 16.6. The van der Waals surface area contributed by atoms with Gasteiger partial charge in [0.1, 0.15) is 0 Å². The van der Waals surface area contributed by atoms with Crippen LogP contribution in [0.2, 0.25) is 0 Å². The number of aliphatic hydroxyl groups is 2. The van der Waals surface area contributed by atoms with Crippen LogP contribution in [0.1, 0.15) is 98.0 Å². The number of ether oxygens (including phenoxy) is 1. The Bertz CT molecular complexity index is 1410. The molecule has 0 radical (unpaired) electrons. The van der Waals surface area contributed by atoms with Gasteiger partial charge in [-0.3, -0.25) is 9.59 Å². The molecule has 4 saturated carbocycles. The minimum Gasteiger partial charge on any atom is -0.448 e. The van der Waals surface area contributed by atoms with Gasteiger partial charge in [-0.2, -0.15) is 0 Å². The van der Waals surface area contributed by atoms with E-state index in [4.69, 9.17) is 4.74 Å². The normalized spacial score (nSPS) is 44.1. The Labute approximate surface area is 256 Å². The van der Waals surface area contributed by atoms with Gasteiger partial charge in [-0.25, -0.2) is 0 Å². The van der Waals surface area contributed by atoms with E-state index in [0.29, 0.717) is 31.7 Å². The van der Waals surface area contributed by atoms with E-state index in [2.05, 4.69) is 26.0 Å². The number of rotatable bonds is 5. The van der Waals surface area contributed by atoms with Crippen LogP contribution in [0, 0.1) is 33.5 Å². The maximum absolute atomic E-state index is 14.8. The molecule has 2 bridgehead atoms. The van der Waals surface area contributed by atoms with Crippen LogP contribution in [-0.2, 0) is 20.9 Å². The fourth-order valence-electron chi connectivity index (χ4n) is 10.7. The van der Waals surface area contributed by atoms with Gasteiger partial charge in [0.2, 0.25) is 0 Å².